The summed E-state index contributed by atoms with van der Waals surface area (Å²) in [6, 6.07) is 0.338. The largest absolute Gasteiger partial charge is 0.396 e. The van der Waals surface area contributed by atoms with Crippen molar-refractivity contribution in [3.05, 3.63) is 0 Å². The highest BCUT2D eigenvalue weighted by Crippen LogP contribution is 2.24. The third-order valence-electron chi connectivity index (χ3n) is 4.59. The zero-order chi connectivity index (χ0) is 13.5. The fraction of sp³-hybridized carbons (Fsp3) is 0.933. The molecule has 0 aromatic carbocycles. The van der Waals surface area contributed by atoms with Crippen LogP contribution in [0.3, 0.4) is 0 Å². The molecule has 0 unspecified atom stereocenters. The Hall–Kier alpha value is -0.610. The van der Waals surface area contributed by atoms with Crippen molar-refractivity contribution in [2.45, 2.75) is 57.4 Å². The number of aliphatic hydroxyl groups excluding tert-OH is 1. The monoisotopic (exact) mass is 269 g/mol. The molecule has 2 N–H and O–H groups in total. The molecule has 0 atom stereocenters. The lowest BCUT2D eigenvalue weighted by molar-refractivity contribution is -0.122. The Balaban J connectivity index is 1.59. The van der Waals surface area contributed by atoms with Crippen LogP contribution in [0.2, 0.25) is 0 Å². The van der Waals surface area contributed by atoms with Crippen LogP contribution in [-0.4, -0.2) is 36.9 Å². The van der Waals surface area contributed by atoms with Gasteiger partial charge >= 0.3 is 0 Å². The minimum absolute atomic E-state index is 0.207. The topological polar surface area (TPSA) is 58.6 Å². The number of carbonyl (C=O) groups is 1. The summed E-state index contributed by atoms with van der Waals surface area (Å²) in [6.45, 7) is 2.01. The van der Waals surface area contributed by atoms with Gasteiger partial charge in [0.1, 0.15) is 0 Å². The first-order valence-corrected chi connectivity index (χ1v) is 7.76. The Morgan fingerprint density at radius 3 is 2.37 bits per heavy atom. The highest BCUT2D eigenvalue weighted by molar-refractivity contribution is 5.76. The summed E-state index contributed by atoms with van der Waals surface area (Å²) in [7, 11) is 0. The zero-order valence-corrected chi connectivity index (χ0v) is 11.8. The van der Waals surface area contributed by atoms with Crippen LogP contribution in [0.25, 0.3) is 0 Å². The molecule has 1 aliphatic carbocycles. The molecular formula is C15H27NO3. The molecular weight excluding hydrogens is 242 g/mol. The van der Waals surface area contributed by atoms with E-state index in [9.17, 15) is 4.79 Å². The molecule has 0 spiro atoms. The SMILES string of the molecule is O=C(CCC1CCOCC1)NC1CCC(CO)CC1. The van der Waals surface area contributed by atoms with Crippen LogP contribution in [0.5, 0.6) is 0 Å². The number of ether oxygens (including phenoxy) is 1. The first-order chi connectivity index (χ1) is 9.28. The molecule has 4 heteroatoms. The van der Waals surface area contributed by atoms with Gasteiger partial charge in [0.15, 0.2) is 0 Å². The van der Waals surface area contributed by atoms with Gasteiger partial charge < -0.3 is 15.2 Å². The van der Waals surface area contributed by atoms with Crippen LogP contribution in [0.1, 0.15) is 51.4 Å². The lowest BCUT2D eigenvalue weighted by Gasteiger charge is -2.28. The molecule has 2 rings (SSSR count). The van der Waals surface area contributed by atoms with Crippen LogP contribution < -0.4 is 5.32 Å². The summed E-state index contributed by atoms with van der Waals surface area (Å²) in [5.41, 5.74) is 0. The van der Waals surface area contributed by atoms with E-state index < -0.39 is 0 Å². The second kappa shape index (κ2) is 7.85. The number of amides is 1. The first-order valence-electron chi connectivity index (χ1n) is 7.76. The molecule has 2 aliphatic rings. The highest BCUT2D eigenvalue weighted by atomic mass is 16.5. The van der Waals surface area contributed by atoms with Gasteiger partial charge in [-0.2, -0.15) is 0 Å². The van der Waals surface area contributed by atoms with E-state index in [1.54, 1.807) is 0 Å². The van der Waals surface area contributed by atoms with Crippen LogP contribution in [0.15, 0.2) is 0 Å². The predicted molar refractivity (Wildman–Crippen MR) is 73.8 cm³/mol. The lowest BCUT2D eigenvalue weighted by atomic mass is 9.86. The average Bonchev–Trinajstić information content (AvgIpc) is 2.47. The van der Waals surface area contributed by atoms with Gasteiger partial charge in [0.05, 0.1) is 0 Å². The standard InChI is InChI=1S/C15H27NO3/c17-11-13-1-4-14(5-2-13)16-15(18)6-3-12-7-9-19-10-8-12/h12-14,17H,1-11H2,(H,16,18). The Morgan fingerprint density at radius 2 is 1.74 bits per heavy atom. The molecule has 1 aliphatic heterocycles. The van der Waals surface area contributed by atoms with E-state index in [0.717, 1.165) is 58.2 Å². The van der Waals surface area contributed by atoms with Crippen molar-refractivity contribution in [3.8, 4) is 0 Å². The molecule has 0 bridgehead atoms. The van der Waals surface area contributed by atoms with Crippen molar-refractivity contribution in [2.75, 3.05) is 19.8 Å². The van der Waals surface area contributed by atoms with Gasteiger partial charge in [-0.3, -0.25) is 4.79 Å². The van der Waals surface area contributed by atoms with E-state index in [1.165, 1.54) is 0 Å². The van der Waals surface area contributed by atoms with Crippen LogP contribution in [0, 0.1) is 11.8 Å². The van der Waals surface area contributed by atoms with E-state index in [0.29, 0.717) is 30.9 Å². The number of hydrogen-bond donors (Lipinski definition) is 2. The molecule has 110 valence electrons. The number of carbonyl (C=O) groups excluding carboxylic acids is 1. The Kier molecular flexibility index (Phi) is 6.11. The van der Waals surface area contributed by atoms with E-state index >= 15 is 0 Å². The summed E-state index contributed by atoms with van der Waals surface area (Å²) in [5, 5.41) is 12.2. The second-order valence-electron chi connectivity index (χ2n) is 6.06. The number of nitrogens with one attached hydrogen (secondary N) is 1. The predicted octanol–water partition coefficient (Wildman–Crippen LogP) is 1.86. The summed E-state index contributed by atoms with van der Waals surface area (Å²) in [5.74, 6) is 1.33. The zero-order valence-electron chi connectivity index (χ0n) is 11.8. The molecule has 1 amide bonds. The van der Waals surface area contributed by atoms with Gasteiger partial charge in [0.25, 0.3) is 0 Å². The minimum atomic E-state index is 0.207. The fourth-order valence-corrected chi connectivity index (χ4v) is 3.16. The normalized spacial score (nSPS) is 29.1. The summed E-state index contributed by atoms with van der Waals surface area (Å²) >= 11 is 0. The van der Waals surface area contributed by atoms with Gasteiger partial charge in [-0.25, -0.2) is 0 Å². The molecule has 19 heavy (non-hydrogen) atoms. The average molecular weight is 269 g/mol. The van der Waals surface area contributed by atoms with Crippen molar-refractivity contribution < 1.29 is 14.6 Å². The van der Waals surface area contributed by atoms with Gasteiger partial charge in [-0.05, 0) is 56.8 Å². The lowest BCUT2D eigenvalue weighted by Crippen LogP contribution is -2.38. The first kappa shape index (κ1) is 14.8. The van der Waals surface area contributed by atoms with E-state index in [1.807, 2.05) is 0 Å². The van der Waals surface area contributed by atoms with Gasteiger partial charge in [-0.1, -0.05) is 0 Å². The van der Waals surface area contributed by atoms with Gasteiger partial charge in [-0.15, -0.1) is 0 Å². The van der Waals surface area contributed by atoms with Crippen molar-refractivity contribution in [1.29, 1.82) is 0 Å². The minimum Gasteiger partial charge on any atom is -0.396 e. The smallest absolute Gasteiger partial charge is 0.220 e. The molecule has 1 saturated heterocycles. The maximum atomic E-state index is 11.9. The van der Waals surface area contributed by atoms with Crippen LogP contribution in [-0.2, 0) is 9.53 Å². The van der Waals surface area contributed by atoms with Crippen molar-refractivity contribution >= 4 is 5.91 Å². The third-order valence-corrected chi connectivity index (χ3v) is 4.59. The quantitative estimate of drug-likeness (QED) is 0.801. The van der Waals surface area contributed by atoms with Crippen LogP contribution >= 0.6 is 0 Å². The van der Waals surface area contributed by atoms with E-state index in [-0.39, 0.29) is 5.91 Å². The third kappa shape index (κ3) is 5.11. The number of rotatable bonds is 5. The number of aliphatic hydroxyl groups is 1. The summed E-state index contributed by atoms with van der Waals surface area (Å²) < 4.78 is 5.33. The highest BCUT2D eigenvalue weighted by Gasteiger charge is 2.22. The molecule has 0 aromatic heterocycles. The molecule has 0 radical (unpaired) electrons. The maximum Gasteiger partial charge on any atom is 0.220 e. The van der Waals surface area contributed by atoms with Crippen LogP contribution in [0.4, 0.5) is 0 Å². The van der Waals surface area contributed by atoms with Gasteiger partial charge in [0.2, 0.25) is 5.91 Å². The maximum absolute atomic E-state index is 11.9. The summed E-state index contributed by atoms with van der Waals surface area (Å²) in [6.07, 6.45) is 8.00. The molecule has 1 saturated carbocycles. The fourth-order valence-electron chi connectivity index (χ4n) is 3.16. The van der Waals surface area contributed by atoms with Gasteiger partial charge in [0, 0.05) is 32.3 Å². The second-order valence-corrected chi connectivity index (χ2v) is 6.06. The Morgan fingerprint density at radius 1 is 1.05 bits per heavy atom. The molecule has 0 aromatic rings. The van der Waals surface area contributed by atoms with Crippen molar-refractivity contribution in [3.63, 3.8) is 0 Å². The van der Waals surface area contributed by atoms with E-state index in [2.05, 4.69) is 5.32 Å². The van der Waals surface area contributed by atoms with E-state index in [4.69, 9.17) is 9.84 Å². The molecule has 4 nitrogen and oxygen atoms in total. The molecule has 2 fully saturated rings. The Bertz CT molecular complexity index is 269. The summed E-state index contributed by atoms with van der Waals surface area (Å²) in [4.78, 5) is 11.9. The Labute approximate surface area is 115 Å². The van der Waals surface area contributed by atoms with Crippen molar-refractivity contribution in [2.24, 2.45) is 11.8 Å². The molecule has 1 heterocycles. The van der Waals surface area contributed by atoms with Crippen molar-refractivity contribution in [1.82, 2.24) is 5.32 Å². The number of hydrogen-bond acceptors (Lipinski definition) is 3.